The summed E-state index contributed by atoms with van der Waals surface area (Å²) < 4.78 is 5.88. The maximum absolute atomic E-state index is 5.88. The highest BCUT2D eigenvalue weighted by Crippen LogP contribution is 2.26. The van der Waals surface area contributed by atoms with Crippen molar-refractivity contribution in [1.82, 2.24) is 0 Å². The lowest BCUT2D eigenvalue weighted by atomic mass is 10.0. The Kier molecular flexibility index (Phi) is 7.52. The SMILES string of the molecule is CCCCC(C)(C)OO[Si](CC)(CC)CC. The van der Waals surface area contributed by atoms with Crippen LogP contribution in [-0.4, -0.2) is 13.9 Å². The Hall–Kier alpha value is 0.137. The molecule has 0 radical (unpaired) electrons. The van der Waals surface area contributed by atoms with Gasteiger partial charge in [0.1, 0.15) is 0 Å². The van der Waals surface area contributed by atoms with Crippen molar-refractivity contribution in [3.63, 3.8) is 0 Å². The second-order valence-electron chi connectivity index (χ2n) is 5.27. The van der Waals surface area contributed by atoms with E-state index >= 15 is 0 Å². The molecule has 0 saturated heterocycles. The Labute approximate surface area is 103 Å². The van der Waals surface area contributed by atoms with Crippen LogP contribution in [-0.2, 0) is 9.46 Å². The summed E-state index contributed by atoms with van der Waals surface area (Å²) in [5.74, 6) is 0. The molecule has 0 unspecified atom stereocenters. The van der Waals surface area contributed by atoms with Crippen molar-refractivity contribution < 1.29 is 9.46 Å². The van der Waals surface area contributed by atoms with Gasteiger partial charge in [-0.25, -0.2) is 4.89 Å². The van der Waals surface area contributed by atoms with Crippen LogP contribution in [0.25, 0.3) is 0 Å². The summed E-state index contributed by atoms with van der Waals surface area (Å²) in [7, 11) is -1.59. The Bertz CT molecular complexity index is 169. The first-order chi connectivity index (χ1) is 7.45. The van der Waals surface area contributed by atoms with Crippen LogP contribution in [0.2, 0.25) is 18.1 Å². The van der Waals surface area contributed by atoms with E-state index in [0.29, 0.717) is 0 Å². The number of hydrogen-bond acceptors (Lipinski definition) is 2. The van der Waals surface area contributed by atoms with E-state index in [4.69, 9.17) is 9.46 Å². The van der Waals surface area contributed by atoms with Crippen molar-refractivity contribution >= 4 is 8.32 Å². The van der Waals surface area contributed by atoms with Crippen LogP contribution in [0.1, 0.15) is 60.8 Å². The van der Waals surface area contributed by atoms with E-state index in [9.17, 15) is 0 Å². The Morgan fingerprint density at radius 2 is 1.44 bits per heavy atom. The fourth-order valence-electron chi connectivity index (χ4n) is 1.77. The van der Waals surface area contributed by atoms with Gasteiger partial charge in [0.25, 0.3) is 0 Å². The van der Waals surface area contributed by atoms with Gasteiger partial charge >= 0.3 is 0 Å². The van der Waals surface area contributed by atoms with Crippen LogP contribution < -0.4 is 0 Å². The van der Waals surface area contributed by atoms with Gasteiger partial charge in [0.2, 0.25) is 8.32 Å². The molecule has 16 heavy (non-hydrogen) atoms. The highest BCUT2D eigenvalue weighted by atomic mass is 28.4. The van der Waals surface area contributed by atoms with Gasteiger partial charge in [-0.2, -0.15) is 0 Å². The van der Waals surface area contributed by atoms with Crippen molar-refractivity contribution in [2.45, 2.75) is 84.5 Å². The highest BCUT2D eigenvalue weighted by Gasteiger charge is 2.33. The van der Waals surface area contributed by atoms with Crippen molar-refractivity contribution in [3.8, 4) is 0 Å². The molecule has 0 spiro atoms. The molecule has 0 rings (SSSR count). The zero-order chi connectivity index (χ0) is 12.7. The summed E-state index contributed by atoms with van der Waals surface area (Å²) >= 11 is 0. The summed E-state index contributed by atoms with van der Waals surface area (Å²) in [4.78, 5) is 5.73. The summed E-state index contributed by atoms with van der Waals surface area (Å²) in [5, 5.41) is 0. The summed E-state index contributed by atoms with van der Waals surface area (Å²) in [6.07, 6.45) is 3.49. The zero-order valence-corrected chi connectivity index (χ0v) is 13.1. The maximum Gasteiger partial charge on any atom is 0.238 e. The lowest BCUT2D eigenvalue weighted by molar-refractivity contribution is -0.294. The van der Waals surface area contributed by atoms with E-state index in [-0.39, 0.29) is 5.60 Å². The van der Waals surface area contributed by atoms with Crippen LogP contribution in [0.5, 0.6) is 0 Å². The van der Waals surface area contributed by atoms with Crippen LogP contribution in [0, 0.1) is 0 Å². The smallest absolute Gasteiger partial charge is 0.238 e. The average Bonchev–Trinajstić information content (AvgIpc) is 2.29. The zero-order valence-electron chi connectivity index (χ0n) is 12.1. The molecule has 0 fully saturated rings. The van der Waals surface area contributed by atoms with Crippen LogP contribution in [0.4, 0.5) is 0 Å². The highest BCUT2D eigenvalue weighted by molar-refractivity contribution is 6.73. The van der Waals surface area contributed by atoms with Crippen LogP contribution >= 0.6 is 0 Å². The third-order valence-corrected chi connectivity index (χ3v) is 7.81. The third kappa shape index (κ3) is 5.46. The molecule has 0 aliphatic heterocycles. The van der Waals surface area contributed by atoms with E-state index in [1.165, 1.54) is 12.8 Å². The van der Waals surface area contributed by atoms with Gasteiger partial charge in [-0.05, 0) is 38.4 Å². The molecular formula is C13H30O2Si. The van der Waals surface area contributed by atoms with E-state index in [2.05, 4.69) is 41.5 Å². The Morgan fingerprint density at radius 3 is 1.81 bits per heavy atom. The largest absolute Gasteiger partial charge is 0.286 e. The monoisotopic (exact) mass is 246 g/mol. The topological polar surface area (TPSA) is 18.5 Å². The minimum Gasteiger partial charge on any atom is -0.286 e. The van der Waals surface area contributed by atoms with Crippen molar-refractivity contribution in [1.29, 1.82) is 0 Å². The molecule has 3 heteroatoms. The van der Waals surface area contributed by atoms with E-state index < -0.39 is 8.32 Å². The van der Waals surface area contributed by atoms with E-state index in [1.54, 1.807) is 0 Å². The van der Waals surface area contributed by atoms with Gasteiger partial charge in [-0.15, -0.1) is 0 Å². The molecule has 0 aromatic carbocycles. The lowest BCUT2D eigenvalue weighted by Crippen LogP contribution is -2.39. The van der Waals surface area contributed by atoms with Gasteiger partial charge < -0.3 is 0 Å². The lowest BCUT2D eigenvalue weighted by Gasteiger charge is -2.32. The molecule has 0 aromatic rings. The van der Waals surface area contributed by atoms with Crippen molar-refractivity contribution in [2.24, 2.45) is 0 Å². The summed E-state index contributed by atoms with van der Waals surface area (Å²) in [6.45, 7) is 13.1. The minimum atomic E-state index is -1.59. The molecular weight excluding hydrogens is 216 g/mol. The average molecular weight is 246 g/mol. The normalized spacial score (nSPS) is 13.1. The van der Waals surface area contributed by atoms with Gasteiger partial charge in [0.05, 0.1) is 5.60 Å². The Balaban J connectivity index is 4.18. The number of hydrogen-bond donors (Lipinski definition) is 0. The summed E-state index contributed by atoms with van der Waals surface area (Å²) in [6, 6.07) is 3.43. The van der Waals surface area contributed by atoms with Gasteiger partial charge in [-0.1, -0.05) is 40.5 Å². The van der Waals surface area contributed by atoms with Crippen molar-refractivity contribution in [3.05, 3.63) is 0 Å². The predicted molar refractivity (Wildman–Crippen MR) is 73.0 cm³/mol. The van der Waals surface area contributed by atoms with Crippen molar-refractivity contribution in [2.75, 3.05) is 0 Å². The minimum absolute atomic E-state index is 0.131. The third-order valence-electron chi connectivity index (χ3n) is 3.51. The first-order valence-corrected chi connectivity index (χ1v) is 9.35. The molecule has 0 aliphatic rings. The molecule has 0 amide bonds. The van der Waals surface area contributed by atoms with Gasteiger partial charge in [0, 0.05) is 0 Å². The van der Waals surface area contributed by atoms with Crippen LogP contribution in [0.15, 0.2) is 0 Å². The van der Waals surface area contributed by atoms with Gasteiger partial charge in [-0.3, -0.25) is 4.58 Å². The second kappa shape index (κ2) is 7.46. The van der Waals surface area contributed by atoms with Gasteiger partial charge in [0.15, 0.2) is 0 Å². The fraction of sp³-hybridized carbons (Fsp3) is 1.00. The summed E-state index contributed by atoms with van der Waals surface area (Å²) in [5.41, 5.74) is -0.131. The predicted octanol–water partition coefficient (Wildman–Crippen LogP) is 4.91. The molecule has 0 aliphatic carbocycles. The standard InChI is InChI=1S/C13H30O2Si/c1-7-11-12-13(5,6)14-15-16(8-2,9-3)10-4/h7-12H2,1-6H3. The quantitative estimate of drug-likeness (QED) is 0.327. The van der Waals surface area contributed by atoms with E-state index in [0.717, 1.165) is 24.6 Å². The molecule has 0 bridgehead atoms. The second-order valence-corrected chi connectivity index (χ2v) is 9.93. The number of rotatable bonds is 9. The molecule has 0 atom stereocenters. The molecule has 98 valence electrons. The molecule has 0 heterocycles. The maximum atomic E-state index is 5.88. The first-order valence-electron chi connectivity index (χ1n) is 6.82. The molecule has 0 saturated carbocycles. The molecule has 2 nitrogen and oxygen atoms in total. The fourth-order valence-corrected chi connectivity index (χ4v) is 4.03. The molecule has 0 aromatic heterocycles. The van der Waals surface area contributed by atoms with Crippen LogP contribution in [0.3, 0.4) is 0 Å². The van der Waals surface area contributed by atoms with E-state index in [1.807, 2.05) is 0 Å². The first kappa shape index (κ1) is 16.1. The Morgan fingerprint density at radius 1 is 0.938 bits per heavy atom. The number of unbranched alkanes of at least 4 members (excludes halogenated alkanes) is 1. The molecule has 0 N–H and O–H groups in total.